The summed E-state index contributed by atoms with van der Waals surface area (Å²) in [6, 6.07) is 2.57. The molecule has 0 saturated heterocycles. The average Bonchev–Trinajstić information content (AvgIpc) is 2.38. The van der Waals surface area contributed by atoms with Crippen molar-refractivity contribution in [1.82, 2.24) is 4.98 Å². The summed E-state index contributed by atoms with van der Waals surface area (Å²) in [4.78, 5) is 29.7. The zero-order valence-corrected chi connectivity index (χ0v) is 9.57. The van der Waals surface area contributed by atoms with Gasteiger partial charge in [-0.25, -0.2) is 4.79 Å². The summed E-state index contributed by atoms with van der Waals surface area (Å²) in [6.45, 7) is 0. The van der Waals surface area contributed by atoms with Crippen LogP contribution in [0, 0.1) is 11.3 Å². The third-order valence-corrected chi connectivity index (χ3v) is 2.56. The number of rotatable bonds is 3. The van der Waals surface area contributed by atoms with Crippen LogP contribution in [0.15, 0.2) is 35.6 Å². The lowest BCUT2D eigenvalue weighted by Crippen LogP contribution is -2.31. The number of aliphatic carboxylic acids is 1. The van der Waals surface area contributed by atoms with E-state index in [1.54, 1.807) is 0 Å². The molecule has 0 amide bonds. The van der Waals surface area contributed by atoms with E-state index >= 15 is 0 Å². The molecule has 0 saturated carbocycles. The second kappa shape index (κ2) is 4.81. The maximum Gasteiger partial charge on any atom is 0.335 e. The van der Waals surface area contributed by atoms with Crippen molar-refractivity contribution >= 4 is 23.4 Å². The zero-order valence-electron chi connectivity index (χ0n) is 9.57. The SMILES string of the molecule is N=C1C(c2cc(C(=O)O)ccn2)=NC=CC1C(=O)O. The average molecular weight is 259 g/mol. The van der Waals surface area contributed by atoms with E-state index in [1.165, 1.54) is 30.6 Å². The largest absolute Gasteiger partial charge is 0.481 e. The highest BCUT2D eigenvalue weighted by Gasteiger charge is 2.27. The fourth-order valence-corrected chi connectivity index (χ4v) is 1.62. The molecule has 19 heavy (non-hydrogen) atoms. The second-order valence-electron chi connectivity index (χ2n) is 3.78. The summed E-state index contributed by atoms with van der Waals surface area (Å²) in [6.07, 6.45) is 3.85. The number of aromatic nitrogens is 1. The predicted octanol–water partition coefficient (Wildman–Crippen LogP) is 0.817. The number of nitrogens with zero attached hydrogens (tertiary/aromatic N) is 2. The maximum absolute atomic E-state index is 11.0. The molecular formula is C12H9N3O4. The Morgan fingerprint density at radius 1 is 1.32 bits per heavy atom. The summed E-state index contributed by atoms with van der Waals surface area (Å²) in [5.74, 6) is -3.39. The number of carboxylic acids is 2. The number of carbonyl (C=O) groups is 2. The van der Waals surface area contributed by atoms with Crippen LogP contribution in [0.2, 0.25) is 0 Å². The first kappa shape index (κ1) is 12.6. The highest BCUT2D eigenvalue weighted by atomic mass is 16.4. The van der Waals surface area contributed by atoms with Crippen LogP contribution in [-0.2, 0) is 4.79 Å². The van der Waals surface area contributed by atoms with Crippen molar-refractivity contribution in [3.63, 3.8) is 0 Å². The van der Waals surface area contributed by atoms with Gasteiger partial charge in [-0.1, -0.05) is 0 Å². The van der Waals surface area contributed by atoms with Gasteiger partial charge in [0.25, 0.3) is 0 Å². The molecule has 0 spiro atoms. The summed E-state index contributed by atoms with van der Waals surface area (Å²) in [5.41, 5.74) is 0.0190. The van der Waals surface area contributed by atoms with Gasteiger partial charge in [0.2, 0.25) is 0 Å². The molecule has 1 unspecified atom stereocenters. The van der Waals surface area contributed by atoms with E-state index in [9.17, 15) is 9.59 Å². The highest BCUT2D eigenvalue weighted by Crippen LogP contribution is 2.14. The number of carboxylic acid groups (broad SMARTS) is 2. The second-order valence-corrected chi connectivity index (χ2v) is 3.78. The molecular weight excluding hydrogens is 250 g/mol. The van der Waals surface area contributed by atoms with Crippen LogP contribution in [0.5, 0.6) is 0 Å². The van der Waals surface area contributed by atoms with E-state index in [0.717, 1.165) is 0 Å². The Morgan fingerprint density at radius 3 is 2.68 bits per heavy atom. The van der Waals surface area contributed by atoms with Gasteiger partial charge in [0.1, 0.15) is 11.6 Å². The van der Waals surface area contributed by atoms with Crippen molar-refractivity contribution in [3.8, 4) is 0 Å². The van der Waals surface area contributed by atoms with Crippen LogP contribution >= 0.6 is 0 Å². The minimum Gasteiger partial charge on any atom is -0.481 e. The number of pyridine rings is 1. The topological polar surface area (TPSA) is 124 Å². The minimum absolute atomic E-state index is 0.00179. The molecule has 2 heterocycles. The normalized spacial score (nSPS) is 18.0. The van der Waals surface area contributed by atoms with E-state index in [2.05, 4.69) is 9.98 Å². The third kappa shape index (κ3) is 2.39. The molecule has 0 radical (unpaired) electrons. The fraction of sp³-hybridized carbons (Fsp3) is 0.0833. The molecule has 1 aromatic rings. The summed E-state index contributed by atoms with van der Waals surface area (Å²) in [7, 11) is 0. The highest BCUT2D eigenvalue weighted by molar-refractivity contribution is 6.50. The molecule has 0 aromatic carbocycles. The third-order valence-electron chi connectivity index (χ3n) is 2.56. The minimum atomic E-state index is -1.16. The Bertz CT molecular complexity index is 634. The molecule has 1 aliphatic rings. The smallest absolute Gasteiger partial charge is 0.335 e. The van der Waals surface area contributed by atoms with Crippen molar-refractivity contribution in [2.24, 2.45) is 10.9 Å². The van der Waals surface area contributed by atoms with E-state index in [4.69, 9.17) is 15.6 Å². The van der Waals surface area contributed by atoms with Crippen molar-refractivity contribution in [1.29, 1.82) is 5.41 Å². The Balaban J connectivity index is 2.42. The number of hydrogen-bond acceptors (Lipinski definition) is 5. The number of hydrogen-bond donors (Lipinski definition) is 3. The van der Waals surface area contributed by atoms with Crippen molar-refractivity contribution < 1.29 is 19.8 Å². The lowest BCUT2D eigenvalue weighted by atomic mass is 9.95. The van der Waals surface area contributed by atoms with E-state index < -0.39 is 17.9 Å². The molecule has 1 aromatic heterocycles. The van der Waals surface area contributed by atoms with E-state index in [0.29, 0.717) is 0 Å². The van der Waals surface area contributed by atoms with Crippen LogP contribution in [-0.4, -0.2) is 38.6 Å². The molecule has 0 bridgehead atoms. The van der Waals surface area contributed by atoms with Gasteiger partial charge in [-0.05, 0) is 18.2 Å². The first-order chi connectivity index (χ1) is 9.00. The van der Waals surface area contributed by atoms with Gasteiger partial charge >= 0.3 is 11.9 Å². The van der Waals surface area contributed by atoms with Crippen molar-refractivity contribution in [3.05, 3.63) is 41.9 Å². The molecule has 1 aliphatic heterocycles. The van der Waals surface area contributed by atoms with Gasteiger partial charge < -0.3 is 15.6 Å². The van der Waals surface area contributed by atoms with E-state index in [1.807, 2.05) is 0 Å². The van der Waals surface area contributed by atoms with E-state index in [-0.39, 0.29) is 22.7 Å². The van der Waals surface area contributed by atoms with Crippen LogP contribution in [0.3, 0.4) is 0 Å². The predicted molar refractivity (Wildman–Crippen MR) is 65.7 cm³/mol. The van der Waals surface area contributed by atoms with Gasteiger partial charge in [0.05, 0.1) is 17.0 Å². The van der Waals surface area contributed by atoms with Gasteiger partial charge in [-0.2, -0.15) is 0 Å². The Hall–Kier alpha value is -2.83. The quantitative estimate of drug-likeness (QED) is 0.741. The van der Waals surface area contributed by atoms with Crippen LogP contribution in [0.1, 0.15) is 16.1 Å². The first-order valence-corrected chi connectivity index (χ1v) is 5.26. The summed E-state index contributed by atoms with van der Waals surface area (Å²) >= 11 is 0. The zero-order chi connectivity index (χ0) is 14.0. The molecule has 1 atom stereocenters. The lowest BCUT2D eigenvalue weighted by Gasteiger charge is -2.15. The standard InChI is InChI=1S/C12H9N3O4/c13-9-7(12(18)19)2-4-15-10(9)8-5-6(11(16)17)1-3-14-8/h1-5,7,13H,(H,16,17)(H,18,19). The van der Waals surface area contributed by atoms with Crippen molar-refractivity contribution in [2.75, 3.05) is 0 Å². The van der Waals surface area contributed by atoms with Crippen LogP contribution in [0.4, 0.5) is 0 Å². The van der Waals surface area contributed by atoms with Crippen LogP contribution in [0.25, 0.3) is 0 Å². The van der Waals surface area contributed by atoms with Gasteiger partial charge in [-0.15, -0.1) is 0 Å². The monoisotopic (exact) mass is 259 g/mol. The molecule has 7 nitrogen and oxygen atoms in total. The fourth-order valence-electron chi connectivity index (χ4n) is 1.62. The molecule has 0 aliphatic carbocycles. The van der Waals surface area contributed by atoms with Crippen LogP contribution < -0.4 is 0 Å². The molecule has 7 heteroatoms. The Labute approximate surface area is 107 Å². The van der Waals surface area contributed by atoms with Gasteiger partial charge in [0, 0.05) is 12.4 Å². The number of aromatic carboxylic acids is 1. The Morgan fingerprint density at radius 2 is 2.05 bits per heavy atom. The Kier molecular flexibility index (Phi) is 3.19. The number of nitrogens with one attached hydrogen (secondary N) is 1. The molecule has 3 N–H and O–H groups in total. The van der Waals surface area contributed by atoms with Crippen molar-refractivity contribution in [2.45, 2.75) is 0 Å². The molecule has 0 fully saturated rings. The maximum atomic E-state index is 11.0. The van der Waals surface area contributed by atoms with Gasteiger partial charge in [-0.3, -0.25) is 14.8 Å². The van der Waals surface area contributed by atoms with Gasteiger partial charge in [0.15, 0.2) is 0 Å². The summed E-state index contributed by atoms with van der Waals surface area (Å²) < 4.78 is 0. The molecule has 2 rings (SSSR count). The lowest BCUT2D eigenvalue weighted by molar-refractivity contribution is -0.138. The summed E-state index contributed by atoms with van der Waals surface area (Å²) in [5, 5.41) is 25.6. The molecule has 96 valence electrons. The first-order valence-electron chi connectivity index (χ1n) is 5.26. The number of aliphatic imine (C=N–C) groups is 1.